The predicted octanol–water partition coefficient (Wildman–Crippen LogP) is 4.18. The van der Waals surface area contributed by atoms with Gasteiger partial charge in [-0.2, -0.15) is 0 Å². The molecule has 0 unspecified atom stereocenters. The van der Waals surface area contributed by atoms with Crippen LogP contribution in [0.25, 0.3) is 10.2 Å². The summed E-state index contributed by atoms with van der Waals surface area (Å²) < 4.78 is 0. The third-order valence-electron chi connectivity index (χ3n) is 5.96. The largest absolute Gasteiger partial charge is 0.349 e. The molecule has 0 saturated heterocycles. The first kappa shape index (κ1) is 20.0. The number of carbonyl (C=O) groups is 1. The molecule has 3 aromatic rings. The highest BCUT2D eigenvalue weighted by molar-refractivity contribution is 7.20. The Bertz CT molecular complexity index is 1090. The van der Waals surface area contributed by atoms with Gasteiger partial charge in [-0.25, -0.2) is 9.97 Å². The maximum atomic E-state index is 13.0. The van der Waals surface area contributed by atoms with E-state index in [1.165, 1.54) is 22.5 Å². The molecule has 152 valence electrons. The van der Waals surface area contributed by atoms with Gasteiger partial charge in [0.05, 0.1) is 4.88 Å². The molecule has 1 N–H and O–H groups in total. The van der Waals surface area contributed by atoms with Crippen LogP contribution in [0, 0.1) is 20.8 Å². The molecule has 0 spiro atoms. The van der Waals surface area contributed by atoms with E-state index in [-0.39, 0.29) is 11.4 Å². The number of aromatic nitrogens is 2. The molecule has 3 heterocycles. The minimum Gasteiger partial charge on any atom is -0.349 e. The number of thiophene rings is 1. The van der Waals surface area contributed by atoms with Crippen LogP contribution in [-0.2, 0) is 13.0 Å². The van der Waals surface area contributed by atoms with E-state index in [9.17, 15) is 4.79 Å². The van der Waals surface area contributed by atoms with Crippen molar-refractivity contribution >= 4 is 27.5 Å². The minimum absolute atomic E-state index is 0.0203. The molecule has 0 fully saturated rings. The molecule has 1 aliphatic heterocycles. The molecule has 1 aromatic carbocycles. The van der Waals surface area contributed by atoms with Gasteiger partial charge < -0.3 is 5.32 Å². The standard InChI is InChI=1S/C23H28N4OS/c1-14-19-15(2)25-16(3)26-22(19)29-20(14)21(28)24-13-23(4,5)27-11-10-17-8-6-7-9-18(17)12-27/h6-9H,10-13H2,1-5H3,(H,24,28). The summed E-state index contributed by atoms with van der Waals surface area (Å²) in [5.41, 5.74) is 4.62. The second-order valence-corrected chi connectivity index (χ2v) is 9.53. The Morgan fingerprint density at radius 1 is 1.17 bits per heavy atom. The van der Waals surface area contributed by atoms with Gasteiger partial charge in [-0.15, -0.1) is 11.3 Å². The molecule has 0 aliphatic carbocycles. The summed E-state index contributed by atoms with van der Waals surface area (Å²) in [6, 6.07) is 8.65. The summed E-state index contributed by atoms with van der Waals surface area (Å²) in [6.07, 6.45) is 1.06. The molecule has 0 bridgehead atoms. The molecule has 4 rings (SSSR count). The van der Waals surface area contributed by atoms with Crippen molar-refractivity contribution in [2.45, 2.75) is 53.1 Å². The van der Waals surface area contributed by atoms with E-state index in [2.05, 4.69) is 58.3 Å². The SMILES string of the molecule is Cc1nc(C)c2c(C)c(C(=O)NCC(C)(C)N3CCc4ccccc4C3)sc2n1. The van der Waals surface area contributed by atoms with Crippen molar-refractivity contribution in [1.29, 1.82) is 0 Å². The highest BCUT2D eigenvalue weighted by atomic mass is 32.1. The number of carbonyl (C=O) groups excluding carboxylic acids is 1. The van der Waals surface area contributed by atoms with Crippen LogP contribution < -0.4 is 5.32 Å². The highest BCUT2D eigenvalue weighted by Crippen LogP contribution is 2.31. The number of amides is 1. The Balaban J connectivity index is 1.49. The van der Waals surface area contributed by atoms with Crippen molar-refractivity contribution in [1.82, 2.24) is 20.2 Å². The lowest BCUT2D eigenvalue weighted by molar-refractivity contribution is 0.0829. The van der Waals surface area contributed by atoms with Crippen LogP contribution in [0.4, 0.5) is 0 Å². The first-order valence-electron chi connectivity index (χ1n) is 10.1. The van der Waals surface area contributed by atoms with Gasteiger partial charge in [-0.05, 0) is 57.7 Å². The zero-order valence-corrected chi connectivity index (χ0v) is 18.6. The number of benzene rings is 1. The molecule has 5 nitrogen and oxygen atoms in total. The fourth-order valence-electron chi connectivity index (χ4n) is 4.19. The number of fused-ring (bicyclic) bond motifs is 2. The van der Waals surface area contributed by atoms with E-state index < -0.39 is 0 Å². The van der Waals surface area contributed by atoms with Crippen LogP contribution in [0.15, 0.2) is 24.3 Å². The number of hydrogen-bond donors (Lipinski definition) is 1. The van der Waals surface area contributed by atoms with Crippen LogP contribution in [-0.4, -0.2) is 39.4 Å². The lowest BCUT2D eigenvalue weighted by atomic mass is 9.94. The normalized spacial score (nSPS) is 14.8. The zero-order chi connectivity index (χ0) is 20.8. The summed E-state index contributed by atoms with van der Waals surface area (Å²) in [6.45, 7) is 12.8. The Hall–Kier alpha value is -2.31. The van der Waals surface area contributed by atoms with Crippen LogP contribution >= 0.6 is 11.3 Å². The van der Waals surface area contributed by atoms with Crippen molar-refractivity contribution in [3.63, 3.8) is 0 Å². The maximum absolute atomic E-state index is 13.0. The van der Waals surface area contributed by atoms with Gasteiger partial charge in [0, 0.05) is 36.3 Å². The summed E-state index contributed by atoms with van der Waals surface area (Å²) >= 11 is 1.46. The first-order valence-corrected chi connectivity index (χ1v) is 10.9. The van der Waals surface area contributed by atoms with Gasteiger partial charge in [-0.1, -0.05) is 24.3 Å². The van der Waals surface area contributed by atoms with Crippen molar-refractivity contribution < 1.29 is 4.79 Å². The van der Waals surface area contributed by atoms with Crippen molar-refractivity contribution in [2.75, 3.05) is 13.1 Å². The van der Waals surface area contributed by atoms with E-state index in [0.29, 0.717) is 6.54 Å². The van der Waals surface area contributed by atoms with Gasteiger partial charge in [0.1, 0.15) is 10.7 Å². The van der Waals surface area contributed by atoms with E-state index in [1.807, 2.05) is 20.8 Å². The molecular weight excluding hydrogens is 380 g/mol. The number of aryl methyl sites for hydroxylation is 3. The Kier molecular flexibility index (Phi) is 5.17. The van der Waals surface area contributed by atoms with Crippen molar-refractivity contribution in [3.05, 3.63) is 57.4 Å². The zero-order valence-electron chi connectivity index (χ0n) is 17.8. The lowest BCUT2D eigenvalue weighted by Gasteiger charge is -2.41. The van der Waals surface area contributed by atoms with Crippen molar-refractivity contribution in [2.24, 2.45) is 0 Å². The fourth-order valence-corrected chi connectivity index (χ4v) is 5.39. The summed E-state index contributed by atoms with van der Waals surface area (Å²) in [4.78, 5) is 26.1. The highest BCUT2D eigenvalue weighted by Gasteiger charge is 2.30. The first-order chi connectivity index (χ1) is 13.8. The summed E-state index contributed by atoms with van der Waals surface area (Å²) in [5, 5.41) is 4.19. The molecular formula is C23H28N4OS. The Morgan fingerprint density at radius 3 is 2.66 bits per heavy atom. The Morgan fingerprint density at radius 2 is 1.90 bits per heavy atom. The molecule has 0 atom stereocenters. The monoisotopic (exact) mass is 408 g/mol. The average Bonchev–Trinajstić information content (AvgIpc) is 3.02. The second kappa shape index (κ2) is 7.50. The Labute approximate surface area is 176 Å². The van der Waals surface area contributed by atoms with Crippen LogP contribution in [0.5, 0.6) is 0 Å². The van der Waals surface area contributed by atoms with Gasteiger partial charge >= 0.3 is 0 Å². The third-order valence-corrected chi connectivity index (χ3v) is 7.14. The van der Waals surface area contributed by atoms with E-state index >= 15 is 0 Å². The third kappa shape index (κ3) is 3.79. The van der Waals surface area contributed by atoms with Crippen molar-refractivity contribution in [3.8, 4) is 0 Å². The molecule has 0 saturated carbocycles. The molecule has 1 aliphatic rings. The molecule has 6 heteroatoms. The molecule has 2 aromatic heterocycles. The molecule has 0 radical (unpaired) electrons. The number of nitrogens with zero attached hydrogens (tertiary/aromatic N) is 3. The van der Waals surface area contributed by atoms with Gasteiger partial charge in [0.2, 0.25) is 0 Å². The van der Waals surface area contributed by atoms with Crippen LogP contribution in [0.3, 0.4) is 0 Å². The maximum Gasteiger partial charge on any atom is 0.261 e. The summed E-state index contributed by atoms with van der Waals surface area (Å²) in [5.74, 6) is 0.725. The lowest BCUT2D eigenvalue weighted by Crippen LogP contribution is -2.53. The average molecular weight is 409 g/mol. The minimum atomic E-state index is -0.125. The molecule has 29 heavy (non-hydrogen) atoms. The number of rotatable bonds is 4. The number of nitrogens with one attached hydrogen (secondary N) is 1. The smallest absolute Gasteiger partial charge is 0.261 e. The predicted molar refractivity (Wildman–Crippen MR) is 119 cm³/mol. The quantitative estimate of drug-likeness (QED) is 0.703. The van der Waals surface area contributed by atoms with Gasteiger partial charge in [-0.3, -0.25) is 9.69 Å². The van der Waals surface area contributed by atoms with E-state index in [1.54, 1.807) is 0 Å². The molecule has 1 amide bonds. The van der Waals surface area contributed by atoms with Crippen LogP contribution in [0.2, 0.25) is 0 Å². The van der Waals surface area contributed by atoms with E-state index in [4.69, 9.17) is 0 Å². The van der Waals surface area contributed by atoms with Crippen LogP contribution in [0.1, 0.15) is 51.7 Å². The summed E-state index contributed by atoms with van der Waals surface area (Å²) in [7, 11) is 0. The van der Waals surface area contributed by atoms with Gasteiger partial charge in [0.15, 0.2) is 0 Å². The van der Waals surface area contributed by atoms with E-state index in [0.717, 1.165) is 51.7 Å². The topological polar surface area (TPSA) is 58.1 Å². The van der Waals surface area contributed by atoms with Gasteiger partial charge in [0.25, 0.3) is 5.91 Å². The number of hydrogen-bond acceptors (Lipinski definition) is 5. The second-order valence-electron chi connectivity index (χ2n) is 8.53. The fraction of sp³-hybridized carbons (Fsp3) is 0.435.